The lowest BCUT2D eigenvalue weighted by atomic mass is 9.99. The van der Waals surface area contributed by atoms with Gasteiger partial charge in [-0.2, -0.15) is 5.26 Å². The van der Waals surface area contributed by atoms with Crippen LogP contribution >= 0.6 is 0 Å². The number of nitriles is 1. The molecular formula is C20H13N3O2. The zero-order valence-corrected chi connectivity index (χ0v) is 13.1. The highest BCUT2D eigenvalue weighted by atomic mass is 16.1. The Morgan fingerprint density at radius 3 is 2.48 bits per heavy atom. The SMILES string of the molecule is N#Cc1c(NC(=O)c2ccc(C=O)cn2)cccc1-c1ccccc1. The van der Waals surface area contributed by atoms with Crippen molar-refractivity contribution in [3.05, 3.63) is 83.7 Å². The van der Waals surface area contributed by atoms with Gasteiger partial charge in [0.1, 0.15) is 11.8 Å². The van der Waals surface area contributed by atoms with E-state index in [9.17, 15) is 14.9 Å². The molecule has 0 radical (unpaired) electrons. The van der Waals surface area contributed by atoms with Crippen molar-refractivity contribution in [1.29, 1.82) is 5.26 Å². The molecule has 0 aliphatic carbocycles. The number of carbonyl (C=O) groups is 2. The van der Waals surface area contributed by atoms with E-state index in [1.54, 1.807) is 12.1 Å². The molecule has 0 bridgehead atoms. The fourth-order valence-corrected chi connectivity index (χ4v) is 2.43. The Morgan fingerprint density at radius 2 is 1.84 bits per heavy atom. The molecule has 3 aromatic rings. The Hall–Kier alpha value is -3.78. The fraction of sp³-hybridized carbons (Fsp3) is 0. The Labute approximate surface area is 144 Å². The number of hydrogen-bond donors (Lipinski definition) is 1. The van der Waals surface area contributed by atoms with Gasteiger partial charge in [-0.05, 0) is 23.8 Å². The summed E-state index contributed by atoms with van der Waals surface area (Å²) in [5, 5.41) is 12.3. The van der Waals surface area contributed by atoms with E-state index >= 15 is 0 Å². The van der Waals surface area contributed by atoms with Gasteiger partial charge in [-0.3, -0.25) is 14.6 Å². The van der Waals surface area contributed by atoms with E-state index in [1.165, 1.54) is 18.3 Å². The average Bonchev–Trinajstić information content (AvgIpc) is 2.68. The first kappa shape index (κ1) is 16.1. The molecule has 5 nitrogen and oxygen atoms in total. The van der Waals surface area contributed by atoms with Crippen molar-refractivity contribution in [3.8, 4) is 17.2 Å². The molecule has 0 aliphatic heterocycles. The lowest BCUT2D eigenvalue weighted by Crippen LogP contribution is -2.14. The Bertz CT molecular complexity index is 958. The molecule has 0 unspecified atom stereocenters. The molecular weight excluding hydrogens is 314 g/mol. The Balaban J connectivity index is 1.93. The molecule has 0 fully saturated rings. The maximum atomic E-state index is 12.4. The summed E-state index contributed by atoms with van der Waals surface area (Å²) in [7, 11) is 0. The van der Waals surface area contributed by atoms with Crippen molar-refractivity contribution in [1.82, 2.24) is 4.98 Å². The second-order valence-corrected chi connectivity index (χ2v) is 5.25. The number of pyridine rings is 1. The van der Waals surface area contributed by atoms with E-state index in [4.69, 9.17) is 0 Å². The highest BCUT2D eigenvalue weighted by molar-refractivity contribution is 6.04. The molecule has 1 aromatic heterocycles. The van der Waals surface area contributed by atoms with Gasteiger partial charge in [0.15, 0.2) is 6.29 Å². The van der Waals surface area contributed by atoms with Crippen molar-refractivity contribution in [2.45, 2.75) is 0 Å². The lowest BCUT2D eigenvalue weighted by Gasteiger charge is -2.11. The number of carbonyl (C=O) groups excluding carboxylic acids is 2. The second-order valence-electron chi connectivity index (χ2n) is 5.25. The third-order valence-corrected chi connectivity index (χ3v) is 3.66. The molecule has 1 N–H and O–H groups in total. The van der Waals surface area contributed by atoms with Gasteiger partial charge < -0.3 is 5.32 Å². The fourth-order valence-electron chi connectivity index (χ4n) is 2.43. The smallest absolute Gasteiger partial charge is 0.274 e. The number of hydrogen-bond acceptors (Lipinski definition) is 4. The third kappa shape index (κ3) is 3.43. The number of nitrogens with zero attached hydrogens (tertiary/aromatic N) is 2. The van der Waals surface area contributed by atoms with Crippen molar-refractivity contribution >= 4 is 17.9 Å². The quantitative estimate of drug-likeness (QED) is 0.741. The molecule has 2 aromatic carbocycles. The van der Waals surface area contributed by atoms with E-state index < -0.39 is 5.91 Å². The number of amides is 1. The minimum absolute atomic E-state index is 0.166. The lowest BCUT2D eigenvalue weighted by molar-refractivity contribution is 0.102. The van der Waals surface area contributed by atoms with Crippen LogP contribution in [-0.2, 0) is 0 Å². The van der Waals surface area contributed by atoms with Crippen LogP contribution in [0.2, 0.25) is 0 Å². The third-order valence-electron chi connectivity index (χ3n) is 3.66. The zero-order chi connectivity index (χ0) is 17.6. The number of aromatic nitrogens is 1. The van der Waals surface area contributed by atoms with Gasteiger partial charge in [0, 0.05) is 17.3 Å². The second kappa shape index (κ2) is 7.20. The summed E-state index contributed by atoms with van der Waals surface area (Å²) in [4.78, 5) is 27.0. The molecule has 0 saturated heterocycles. The van der Waals surface area contributed by atoms with Gasteiger partial charge in [-0.15, -0.1) is 0 Å². The normalized spacial score (nSPS) is 9.88. The van der Waals surface area contributed by atoms with Gasteiger partial charge in [-0.25, -0.2) is 0 Å². The standard InChI is InChI=1S/C20H13N3O2/c21-11-17-16(15-5-2-1-3-6-15)7-4-8-18(17)23-20(25)19-10-9-14(13-24)12-22-19/h1-10,12-13H,(H,23,25). The molecule has 0 aliphatic rings. The molecule has 1 heterocycles. The van der Waals surface area contributed by atoms with Crippen molar-refractivity contribution < 1.29 is 9.59 Å². The van der Waals surface area contributed by atoms with E-state index in [-0.39, 0.29) is 5.69 Å². The van der Waals surface area contributed by atoms with Crippen molar-refractivity contribution in [3.63, 3.8) is 0 Å². The average molecular weight is 327 g/mol. The van der Waals surface area contributed by atoms with Crippen LogP contribution in [0.4, 0.5) is 5.69 Å². The summed E-state index contributed by atoms with van der Waals surface area (Å²) in [6, 6.07) is 19.9. The predicted octanol–water partition coefficient (Wildman–Crippen LogP) is 3.69. The van der Waals surface area contributed by atoms with Crippen LogP contribution in [0.1, 0.15) is 26.4 Å². The van der Waals surface area contributed by atoms with Gasteiger partial charge in [-0.1, -0.05) is 42.5 Å². The van der Waals surface area contributed by atoms with Gasteiger partial charge >= 0.3 is 0 Å². The van der Waals surface area contributed by atoms with Crippen LogP contribution in [0.25, 0.3) is 11.1 Å². The van der Waals surface area contributed by atoms with E-state index in [2.05, 4.69) is 16.4 Å². The van der Waals surface area contributed by atoms with Gasteiger partial charge in [0.25, 0.3) is 5.91 Å². The number of anilines is 1. The first-order chi connectivity index (χ1) is 12.2. The van der Waals surface area contributed by atoms with Crippen LogP contribution in [0.5, 0.6) is 0 Å². The summed E-state index contributed by atoms with van der Waals surface area (Å²) in [5.41, 5.74) is 2.98. The topological polar surface area (TPSA) is 82.9 Å². The van der Waals surface area contributed by atoms with Crippen LogP contribution in [0.15, 0.2) is 66.9 Å². The van der Waals surface area contributed by atoms with Crippen molar-refractivity contribution in [2.75, 3.05) is 5.32 Å². The van der Waals surface area contributed by atoms with Gasteiger partial charge in [0.05, 0.1) is 11.3 Å². The van der Waals surface area contributed by atoms with Gasteiger partial charge in [0.2, 0.25) is 0 Å². The molecule has 25 heavy (non-hydrogen) atoms. The number of benzene rings is 2. The summed E-state index contributed by atoms with van der Waals surface area (Å²) in [6.45, 7) is 0. The molecule has 0 spiro atoms. The van der Waals surface area contributed by atoms with E-state index in [1.807, 2.05) is 36.4 Å². The number of aldehydes is 1. The van der Waals surface area contributed by atoms with E-state index in [0.717, 1.165) is 11.1 Å². The van der Waals surface area contributed by atoms with Crippen LogP contribution < -0.4 is 5.32 Å². The summed E-state index contributed by atoms with van der Waals surface area (Å²) in [5.74, 6) is -0.445. The number of nitrogens with one attached hydrogen (secondary N) is 1. The molecule has 3 rings (SSSR count). The van der Waals surface area contributed by atoms with Crippen LogP contribution in [0, 0.1) is 11.3 Å². The molecule has 120 valence electrons. The highest BCUT2D eigenvalue weighted by Crippen LogP contribution is 2.28. The number of rotatable bonds is 4. The minimum atomic E-state index is -0.445. The molecule has 5 heteroatoms. The summed E-state index contributed by atoms with van der Waals surface area (Å²) < 4.78 is 0. The molecule has 1 amide bonds. The van der Waals surface area contributed by atoms with Crippen molar-refractivity contribution in [2.24, 2.45) is 0 Å². The highest BCUT2D eigenvalue weighted by Gasteiger charge is 2.14. The summed E-state index contributed by atoms with van der Waals surface area (Å²) in [6.07, 6.45) is 1.99. The zero-order valence-electron chi connectivity index (χ0n) is 13.1. The predicted molar refractivity (Wildman–Crippen MR) is 94.2 cm³/mol. The minimum Gasteiger partial charge on any atom is -0.319 e. The monoisotopic (exact) mass is 327 g/mol. The Kier molecular flexibility index (Phi) is 4.63. The molecule has 0 atom stereocenters. The maximum Gasteiger partial charge on any atom is 0.274 e. The molecule has 0 saturated carbocycles. The van der Waals surface area contributed by atoms with Crippen LogP contribution in [0.3, 0.4) is 0 Å². The largest absolute Gasteiger partial charge is 0.319 e. The van der Waals surface area contributed by atoms with E-state index in [0.29, 0.717) is 23.1 Å². The Morgan fingerprint density at radius 1 is 1.04 bits per heavy atom. The first-order valence-electron chi connectivity index (χ1n) is 7.54. The first-order valence-corrected chi connectivity index (χ1v) is 7.54. The summed E-state index contributed by atoms with van der Waals surface area (Å²) >= 11 is 0. The maximum absolute atomic E-state index is 12.4. The van der Waals surface area contributed by atoms with Crippen LogP contribution in [-0.4, -0.2) is 17.2 Å².